The molecule has 10 aliphatic carbocycles. The first-order chi connectivity index (χ1) is 28.2. The van der Waals surface area contributed by atoms with Crippen molar-refractivity contribution in [1.82, 2.24) is 0 Å². The summed E-state index contributed by atoms with van der Waals surface area (Å²) >= 11 is 0. The summed E-state index contributed by atoms with van der Waals surface area (Å²) in [5.41, 5.74) is 19.2. The van der Waals surface area contributed by atoms with Crippen molar-refractivity contribution in [1.29, 1.82) is 0 Å². The third-order valence-corrected chi connectivity index (χ3v) is 17.8. The molecule has 8 fully saturated rings. The minimum Gasteiger partial charge on any atom is -0.310 e. The maximum Gasteiger partial charge on any atom is 0.0540 e. The number of nitrogens with zero attached hydrogens (tertiary/aromatic N) is 1. The predicted octanol–water partition coefficient (Wildman–Crippen LogP) is 14.3. The van der Waals surface area contributed by atoms with Crippen molar-refractivity contribution in [2.75, 3.05) is 4.90 Å². The van der Waals surface area contributed by atoms with E-state index in [0.717, 1.165) is 47.3 Å². The van der Waals surface area contributed by atoms with Gasteiger partial charge < -0.3 is 4.90 Å². The smallest absolute Gasteiger partial charge is 0.0540 e. The highest BCUT2D eigenvalue weighted by Gasteiger charge is 2.63. The van der Waals surface area contributed by atoms with Gasteiger partial charge in [0.05, 0.1) is 5.69 Å². The molecule has 0 unspecified atom stereocenters. The first-order valence-corrected chi connectivity index (χ1v) is 22.6. The molecule has 0 aromatic heterocycles. The summed E-state index contributed by atoms with van der Waals surface area (Å²) in [6.07, 6.45) is 14.3. The Labute approximate surface area is 338 Å². The molecule has 8 bridgehead atoms. The highest BCUT2D eigenvalue weighted by atomic mass is 15.1. The van der Waals surface area contributed by atoms with Gasteiger partial charge in [-0.15, -0.1) is 0 Å². The summed E-state index contributed by atoms with van der Waals surface area (Å²) in [5.74, 6) is 6.78. The molecule has 0 radical (unpaired) electrons. The first-order valence-electron chi connectivity index (χ1n) is 22.6. The molecule has 1 heteroatoms. The third-order valence-electron chi connectivity index (χ3n) is 17.8. The highest BCUT2D eigenvalue weighted by Crippen LogP contribution is 2.71. The minimum absolute atomic E-state index is 0.128. The maximum absolute atomic E-state index is 2.69. The molecule has 280 valence electrons. The second-order valence-corrected chi connectivity index (χ2v) is 20.1. The number of hydrogen-bond acceptors (Lipinski definition) is 1. The zero-order valence-corrected chi connectivity index (χ0v) is 32.9. The number of anilines is 3. The van der Waals surface area contributed by atoms with Gasteiger partial charge in [0.2, 0.25) is 0 Å². The van der Waals surface area contributed by atoms with E-state index in [1.807, 2.05) is 0 Å². The van der Waals surface area contributed by atoms with E-state index in [1.165, 1.54) is 115 Å². The second kappa shape index (κ2) is 11.4. The molecule has 16 rings (SSSR count). The molecule has 0 aliphatic heterocycles. The molecule has 57 heavy (non-hydrogen) atoms. The van der Waals surface area contributed by atoms with Crippen molar-refractivity contribution in [3.63, 3.8) is 0 Å². The van der Waals surface area contributed by atoms with E-state index in [-0.39, 0.29) is 10.8 Å². The quantitative estimate of drug-likeness (QED) is 0.174. The Morgan fingerprint density at radius 3 is 1.39 bits per heavy atom. The van der Waals surface area contributed by atoms with Gasteiger partial charge in [-0.2, -0.15) is 0 Å². The third kappa shape index (κ3) is 4.07. The van der Waals surface area contributed by atoms with Crippen LogP contribution in [-0.2, 0) is 10.8 Å². The Balaban J connectivity index is 0.994. The van der Waals surface area contributed by atoms with Crippen LogP contribution in [0.2, 0.25) is 0 Å². The number of hydrogen-bond donors (Lipinski definition) is 0. The van der Waals surface area contributed by atoms with E-state index in [2.05, 4.69) is 144 Å². The topological polar surface area (TPSA) is 3.24 Å². The zero-order valence-electron chi connectivity index (χ0n) is 32.9. The van der Waals surface area contributed by atoms with Crippen LogP contribution in [0.25, 0.3) is 33.4 Å². The molecule has 2 spiro atoms. The standard InChI is InChI=1S/C56H51N/c1-2-10-38(11-3-1)45-12-6-9-17-54(45)57(43-19-21-52-49(32-43)47-14-5-8-16-51(47)55(52)39-24-34-22-35(26-39)27-40(55)25-34)44-18-20-48-46-13-4-7-15-50(46)56(53(48)33-44)41-28-36-23-37(30-41)31-42(56)29-36/h1-21,32-37,39-42H,22-31H2. The van der Waals surface area contributed by atoms with Gasteiger partial charge in [-0.25, -0.2) is 0 Å². The molecule has 0 heterocycles. The Kier molecular flexibility index (Phi) is 6.43. The molecule has 1 nitrogen and oxygen atoms in total. The lowest BCUT2D eigenvalue weighted by molar-refractivity contribution is -0.0399. The molecule has 0 N–H and O–H groups in total. The molecule has 0 saturated heterocycles. The number of benzene rings is 6. The Morgan fingerprint density at radius 2 is 0.772 bits per heavy atom. The molecule has 0 atom stereocenters. The Hall–Kier alpha value is -4.88. The van der Waals surface area contributed by atoms with Crippen LogP contribution in [0.4, 0.5) is 17.1 Å². The lowest BCUT2D eigenvalue weighted by atomic mass is 9.43. The van der Waals surface area contributed by atoms with Crippen LogP contribution in [0.5, 0.6) is 0 Å². The van der Waals surface area contributed by atoms with Gasteiger partial charge in [0.15, 0.2) is 0 Å². The van der Waals surface area contributed by atoms with Crippen molar-refractivity contribution in [3.05, 3.63) is 162 Å². The monoisotopic (exact) mass is 737 g/mol. The van der Waals surface area contributed by atoms with Gasteiger partial charge in [-0.05, 0) is 192 Å². The van der Waals surface area contributed by atoms with Crippen LogP contribution < -0.4 is 4.90 Å². The molecule has 6 aromatic carbocycles. The molecular weight excluding hydrogens is 687 g/mol. The van der Waals surface area contributed by atoms with Crippen LogP contribution in [-0.4, -0.2) is 0 Å². The molecule has 6 aromatic rings. The van der Waals surface area contributed by atoms with Crippen molar-refractivity contribution < 1.29 is 0 Å². The first kappa shape index (κ1) is 32.1. The van der Waals surface area contributed by atoms with E-state index in [4.69, 9.17) is 0 Å². The van der Waals surface area contributed by atoms with Crippen molar-refractivity contribution in [3.8, 4) is 33.4 Å². The van der Waals surface area contributed by atoms with Crippen molar-refractivity contribution in [2.45, 2.75) is 75.0 Å². The Bertz CT molecular complexity index is 2570. The molecule has 8 saturated carbocycles. The minimum atomic E-state index is 0.128. The fourth-order valence-electron chi connectivity index (χ4n) is 16.5. The summed E-state index contributed by atoms with van der Waals surface area (Å²) < 4.78 is 0. The van der Waals surface area contributed by atoms with Crippen LogP contribution in [0, 0.1) is 47.3 Å². The summed E-state index contributed by atoms with van der Waals surface area (Å²) in [4.78, 5) is 2.65. The molecule has 10 aliphatic rings. The van der Waals surface area contributed by atoms with Gasteiger partial charge in [0.25, 0.3) is 0 Å². The Morgan fingerprint density at radius 1 is 0.333 bits per heavy atom. The summed E-state index contributed by atoms with van der Waals surface area (Å²) in [6.45, 7) is 0. The lowest BCUT2D eigenvalue weighted by Gasteiger charge is -2.61. The SMILES string of the molecule is c1ccc(-c2ccccc2N(c2ccc3c(c2)-c2ccccc2C32C3CC4CC(C3)CC2C4)c2ccc3c(c2)C2(c4ccccc4-3)C3CC4CC(C3)CC2C4)cc1. The summed E-state index contributed by atoms with van der Waals surface area (Å²) in [7, 11) is 0. The van der Waals surface area contributed by atoms with Gasteiger partial charge >= 0.3 is 0 Å². The fraction of sp³-hybridized carbons (Fsp3) is 0.357. The lowest BCUT2D eigenvalue weighted by Crippen LogP contribution is -2.55. The van der Waals surface area contributed by atoms with Gasteiger partial charge in [-0.3, -0.25) is 0 Å². The fourth-order valence-corrected chi connectivity index (χ4v) is 16.5. The van der Waals surface area contributed by atoms with Crippen LogP contribution in [0.3, 0.4) is 0 Å². The summed E-state index contributed by atoms with van der Waals surface area (Å²) in [6, 6.07) is 55.0. The largest absolute Gasteiger partial charge is 0.310 e. The van der Waals surface area contributed by atoms with E-state index < -0.39 is 0 Å². The van der Waals surface area contributed by atoms with E-state index in [9.17, 15) is 0 Å². The molecule has 0 amide bonds. The van der Waals surface area contributed by atoms with E-state index >= 15 is 0 Å². The summed E-state index contributed by atoms with van der Waals surface area (Å²) in [5, 5.41) is 0. The van der Waals surface area contributed by atoms with Gasteiger partial charge in [-0.1, -0.05) is 109 Å². The average molecular weight is 738 g/mol. The zero-order chi connectivity index (χ0) is 37.0. The number of para-hydroxylation sites is 1. The van der Waals surface area contributed by atoms with Crippen LogP contribution in [0.1, 0.15) is 86.5 Å². The van der Waals surface area contributed by atoms with Crippen molar-refractivity contribution in [2.24, 2.45) is 47.3 Å². The van der Waals surface area contributed by atoms with Gasteiger partial charge in [0, 0.05) is 27.8 Å². The number of fused-ring (bicyclic) bond motifs is 6. The van der Waals surface area contributed by atoms with Crippen molar-refractivity contribution >= 4 is 17.1 Å². The normalized spacial score (nSPS) is 33.8. The van der Waals surface area contributed by atoms with E-state index in [1.54, 1.807) is 22.3 Å². The second-order valence-electron chi connectivity index (χ2n) is 20.1. The maximum atomic E-state index is 2.69. The predicted molar refractivity (Wildman–Crippen MR) is 233 cm³/mol. The highest BCUT2D eigenvalue weighted by molar-refractivity contribution is 5.93. The van der Waals surface area contributed by atoms with E-state index in [0.29, 0.717) is 0 Å². The van der Waals surface area contributed by atoms with Gasteiger partial charge in [0.1, 0.15) is 0 Å². The average Bonchev–Trinajstić information content (AvgIpc) is 3.70. The van der Waals surface area contributed by atoms with Crippen LogP contribution >= 0.6 is 0 Å². The molecular formula is C56H51N. The van der Waals surface area contributed by atoms with Crippen LogP contribution in [0.15, 0.2) is 140 Å². The number of rotatable bonds is 4.